The normalized spacial score (nSPS) is 21.6. The number of aryl methyl sites for hydroxylation is 1. The monoisotopic (exact) mass is 368 g/mol. The van der Waals surface area contributed by atoms with E-state index >= 15 is 0 Å². The zero-order valence-corrected chi connectivity index (χ0v) is 16.0. The summed E-state index contributed by atoms with van der Waals surface area (Å²) in [6.07, 6.45) is 13.5. The van der Waals surface area contributed by atoms with Gasteiger partial charge in [0.15, 0.2) is 0 Å². The van der Waals surface area contributed by atoms with Gasteiger partial charge in [-0.1, -0.05) is 6.42 Å². The van der Waals surface area contributed by atoms with E-state index in [1.54, 1.807) is 12.3 Å². The van der Waals surface area contributed by atoms with Crippen LogP contribution < -0.4 is 0 Å². The topological polar surface area (TPSA) is 71.2 Å². The molecule has 1 saturated carbocycles. The van der Waals surface area contributed by atoms with Crippen LogP contribution in [0, 0.1) is 6.92 Å². The van der Waals surface area contributed by atoms with Crippen molar-refractivity contribution < 1.29 is 9.90 Å². The third kappa shape index (κ3) is 3.90. The molecule has 1 atom stereocenters. The first-order valence-electron chi connectivity index (χ1n) is 10.1. The number of rotatable bonds is 5. The summed E-state index contributed by atoms with van der Waals surface area (Å²) < 4.78 is 2.13. The second-order valence-corrected chi connectivity index (χ2v) is 7.94. The van der Waals surface area contributed by atoms with Gasteiger partial charge in [-0.25, -0.2) is 4.79 Å². The Morgan fingerprint density at radius 2 is 1.96 bits per heavy atom. The summed E-state index contributed by atoms with van der Waals surface area (Å²) in [6, 6.07) is 2.83. The van der Waals surface area contributed by atoms with Gasteiger partial charge in [0.05, 0.1) is 17.3 Å². The predicted octanol–water partition coefficient (Wildman–Crippen LogP) is 3.46. The van der Waals surface area contributed by atoms with Crippen LogP contribution in [0.15, 0.2) is 24.7 Å². The molecule has 2 fully saturated rings. The third-order valence-corrected chi connectivity index (χ3v) is 6.23. The predicted molar refractivity (Wildman–Crippen MR) is 103 cm³/mol. The van der Waals surface area contributed by atoms with Crippen molar-refractivity contribution in [2.45, 2.75) is 64.0 Å². The zero-order chi connectivity index (χ0) is 18.8. The van der Waals surface area contributed by atoms with Crippen molar-refractivity contribution in [3.63, 3.8) is 0 Å². The number of likely N-dealkylation sites (tertiary alicyclic amines) is 1. The largest absolute Gasteiger partial charge is 0.478 e. The van der Waals surface area contributed by atoms with Gasteiger partial charge in [-0.3, -0.25) is 9.67 Å². The number of carboxylic acid groups (broad SMARTS) is 1. The van der Waals surface area contributed by atoms with Crippen molar-refractivity contribution in [1.82, 2.24) is 19.7 Å². The lowest BCUT2D eigenvalue weighted by molar-refractivity contribution is 0.0695. The zero-order valence-electron chi connectivity index (χ0n) is 16.0. The third-order valence-electron chi connectivity index (χ3n) is 6.23. The van der Waals surface area contributed by atoms with Crippen molar-refractivity contribution in [3.05, 3.63) is 47.0 Å². The molecule has 1 N–H and O–H groups in total. The molecule has 0 radical (unpaired) electrons. The van der Waals surface area contributed by atoms with Gasteiger partial charge in [0, 0.05) is 37.6 Å². The van der Waals surface area contributed by atoms with E-state index in [0.717, 1.165) is 42.2 Å². The van der Waals surface area contributed by atoms with E-state index < -0.39 is 5.97 Å². The molecule has 0 bridgehead atoms. The first-order valence-corrected chi connectivity index (χ1v) is 10.1. The Balaban J connectivity index is 1.47. The van der Waals surface area contributed by atoms with Crippen molar-refractivity contribution in [1.29, 1.82) is 0 Å². The lowest BCUT2D eigenvalue weighted by Crippen LogP contribution is -2.40. The maximum Gasteiger partial charge on any atom is 0.336 e. The molecule has 0 spiro atoms. The minimum Gasteiger partial charge on any atom is -0.478 e. The van der Waals surface area contributed by atoms with Crippen molar-refractivity contribution >= 4 is 5.97 Å². The number of aromatic carboxylic acids is 1. The minimum atomic E-state index is -0.905. The highest BCUT2D eigenvalue weighted by molar-refractivity contribution is 5.89. The fourth-order valence-electron chi connectivity index (χ4n) is 4.34. The summed E-state index contributed by atoms with van der Waals surface area (Å²) in [7, 11) is 0. The van der Waals surface area contributed by atoms with E-state index in [9.17, 15) is 9.90 Å². The molecule has 0 aromatic carbocycles. The van der Waals surface area contributed by atoms with Crippen LogP contribution in [0.3, 0.4) is 0 Å². The quantitative estimate of drug-likeness (QED) is 0.875. The second kappa shape index (κ2) is 7.80. The number of hydrogen-bond acceptors (Lipinski definition) is 4. The number of carboxylic acids is 1. The second-order valence-electron chi connectivity index (χ2n) is 7.94. The Morgan fingerprint density at radius 3 is 2.70 bits per heavy atom. The summed E-state index contributed by atoms with van der Waals surface area (Å²) in [5.74, 6) is -0.905. The van der Waals surface area contributed by atoms with Crippen LogP contribution in [0.2, 0.25) is 0 Å². The summed E-state index contributed by atoms with van der Waals surface area (Å²) in [5, 5.41) is 14.2. The van der Waals surface area contributed by atoms with Crippen molar-refractivity contribution in [2.75, 3.05) is 13.1 Å². The van der Waals surface area contributed by atoms with E-state index in [-0.39, 0.29) is 0 Å². The fraction of sp³-hybridized carbons (Fsp3) is 0.571. The van der Waals surface area contributed by atoms with Gasteiger partial charge in [0.25, 0.3) is 0 Å². The Bertz CT molecular complexity index is 812. The van der Waals surface area contributed by atoms with Gasteiger partial charge in [-0.05, 0) is 62.8 Å². The van der Waals surface area contributed by atoms with Gasteiger partial charge < -0.3 is 10.0 Å². The molecule has 0 amide bonds. The maximum absolute atomic E-state index is 11.4. The Kier molecular flexibility index (Phi) is 5.25. The van der Waals surface area contributed by atoms with Crippen LogP contribution in [0.4, 0.5) is 0 Å². The Hall–Kier alpha value is -2.21. The fourth-order valence-corrected chi connectivity index (χ4v) is 4.34. The summed E-state index contributed by atoms with van der Waals surface area (Å²) in [6.45, 7) is 4.39. The van der Waals surface area contributed by atoms with Gasteiger partial charge in [0.2, 0.25) is 0 Å². The molecule has 1 aliphatic heterocycles. The number of nitrogens with zero attached hydrogens (tertiary/aromatic N) is 4. The number of hydrogen-bond donors (Lipinski definition) is 1. The highest BCUT2D eigenvalue weighted by atomic mass is 16.4. The van der Waals surface area contributed by atoms with Crippen LogP contribution in [0.5, 0.6) is 0 Å². The standard InChI is InChI=1S/C21H28N4O2/c1-15-17(12-16-13-22-9-7-20(16)21(26)27)14-25(23-15)19-6-3-10-24(11-8-19)18-4-2-5-18/h7,9,13-14,18-19H,2-6,8,10-12H2,1H3,(H,26,27). The molecule has 1 unspecified atom stereocenters. The maximum atomic E-state index is 11.4. The molecule has 2 aliphatic rings. The summed E-state index contributed by atoms with van der Waals surface area (Å²) in [4.78, 5) is 18.2. The lowest BCUT2D eigenvalue weighted by atomic mass is 9.91. The molecule has 27 heavy (non-hydrogen) atoms. The Labute approximate surface area is 160 Å². The molecule has 3 heterocycles. The summed E-state index contributed by atoms with van der Waals surface area (Å²) >= 11 is 0. The van der Waals surface area contributed by atoms with E-state index in [1.165, 1.54) is 38.4 Å². The van der Waals surface area contributed by atoms with Crippen LogP contribution in [-0.4, -0.2) is 49.9 Å². The molecular formula is C21H28N4O2. The molecule has 1 saturated heterocycles. The van der Waals surface area contributed by atoms with Gasteiger partial charge in [0.1, 0.15) is 0 Å². The van der Waals surface area contributed by atoms with Gasteiger partial charge in [-0.2, -0.15) is 5.10 Å². The van der Waals surface area contributed by atoms with Crippen LogP contribution in [-0.2, 0) is 6.42 Å². The lowest BCUT2D eigenvalue weighted by Gasteiger charge is -2.36. The molecule has 6 heteroatoms. The van der Waals surface area contributed by atoms with Crippen LogP contribution in [0.25, 0.3) is 0 Å². The number of aromatic nitrogens is 3. The van der Waals surface area contributed by atoms with Crippen LogP contribution >= 0.6 is 0 Å². The van der Waals surface area contributed by atoms with Gasteiger partial charge in [-0.15, -0.1) is 0 Å². The average molecular weight is 368 g/mol. The molecule has 1 aliphatic carbocycles. The van der Waals surface area contributed by atoms with Crippen molar-refractivity contribution in [3.8, 4) is 0 Å². The molecular weight excluding hydrogens is 340 g/mol. The Morgan fingerprint density at radius 1 is 1.15 bits per heavy atom. The van der Waals surface area contributed by atoms with E-state index in [4.69, 9.17) is 5.10 Å². The molecule has 2 aromatic heterocycles. The summed E-state index contributed by atoms with van der Waals surface area (Å²) in [5.41, 5.74) is 3.13. The average Bonchev–Trinajstić information content (AvgIpc) is 2.81. The van der Waals surface area contributed by atoms with Gasteiger partial charge >= 0.3 is 5.97 Å². The minimum absolute atomic E-state index is 0.322. The first kappa shape index (κ1) is 18.2. The van der Waals surface area contributed by atoms with Crippen LogP contribution in [0.1, 0.15) is 71.7 Å². The number of pyridine rings is 1. The molecule has 2 aromatic rings. The molecule has 144 valence electrons. The smallest absolute Gasteiger partial charge is 0.336 e. The first-order chi connectivity index (χ1) is 13.1. The molecule has 6 nitrogen and oxygen atoms in total. The van der Waals surface area contributed by atoms with E-state index in [0.29, 0.717) is 18.0 Å². The van der Waals surface area contributed by atoms with E-state index in [1.807, 2.05) is 6.92 Å². The van der Waals surface area contributed by atoms with E-state index in [2.05, 4.69) is 20.8 Å². The molecule has 4 rings (SSSR count). The highest BCUT2D eigenvalue weighted by Gasteiger charge is 2.28. The SMILES string of the molecule is Cc1nn(C2CCCN(C3CCC3)CC2)cc1Cc1cnccc1C(=O)O. The number of carbonyl (C=O) groups is 1. The highest BCUT2D eigenvalue weighted by Crippen LogP contribution is 2.30. The van der Waals surface area contributed by atoms with Crippen molar-refractivity contribution in [2.24, 2.45) is 0 Å².